The van der Waals surface area contributed by atoms with E-state index in [-0.39, 0.29) is 11.2 Å². The Hall–Kier alpha value is -2.73. The van der Waals surface area contributed by atoms with Crippen molar-refractivity contribution in [2.45, 2.75) is 69.7 Å². The van der Waals surface area contributed by atoms with Gasteiger partial charge < -0.3 is 20.5 Å². The van der Waals surface area contributed by atoms with Crippen LogP contribution >= 0.6 is 0 Å². The first kappa shape index (κ1) is 22.1. The number of carbonyl (C=O) groups is 1. The van der Waals surface area contributed by atoms with Crippen molar-refractivity contribution in [3.05, 3.63) is 47.5 Å². The molecule has 33 heavy (non-hydrogen) atoms. The molecule has 1 saturated heterocycles. The van der Waals surface area contributed by atoms with E-state index in [0.717, 1.165) is 37.9 Å². The van der Waals surface area contributed by atoms with Crippen molar-refractivity contribution in [1.82, 2.24) is 5.32 Å². The van der Waals surface area contributed by atoms with E-state index >= 15 is 0 Å². The average molecular weight is 450 g/mol. The highest BCUT2D eigenvalue weighted by molar-refractivity contribution is 5.91. The number of para-hydroxylation sites is 2. The summed E-state index contributed by atoms with van der Waals surface area (Å²) in [4.78, 5) is 12.2. The van der Waals surface area contributed by atoms with Crippen LogP contribution in [0, 0.1) is 5.92 Å². The van der Waals surface area contributed by atoms with Crippen LogP contribution in [0.2, 0.25) is 0 Å². The zero-order valence-electron chi connectivity index (χ0n) is 19.5. The summed E-state index contributed by atoms with van der Waals surface area (Å²) in [5.74, 6) is 0.944. The SMILES string of the molecule is CCCCOC(=O)Nc1ccccc1Nc1cc2c(cc1O)[C@]13CCCC[C@@H]1[C@H](C2)NCC3. The number of fused-ring (bicyclic) bond motifs is 1. The molecular weight excluding hydrogens is 414 g/mol. The molecule has 0 unspecified atom stereocenters. The minimum Gasteiger partial charge on any atom is -0.506 e. The third kappa shape index (κ3) is 4.17. The van der Waals surface area contributed by atoms with Crippen molar-refractivity contribution in [3.8, 4) is 5.75 Å². The third-order valence-corrected chi connectivity index (χ3v) is 7.92. The van der Waals surface area contributed by atoms with Gasteiger partial charge in [0.25, 0.3) is 0 Å². The number of hydrogen-bond acceptors (Lipinski definition) is 5. The number of piperidine rings is 1. The van der Waals surface area contributed by atoms with Gasteiger partial charge in [-0.15, -0.1) is 0 Å². The third-order valence-electron chi connectivity index (χ3n) is 7.92. The number of anilines is 3. The molecule has 2 fully saturated rings. The molecule has 2 aromatic rings. The Labute approximate surface area is 196 Å². The Balaban J connectivity index is 1.41. The molecule has 3 atom stereocenters. The van der Waals surface area contributed by atoms with Gasteiger partial charge in [-0.3, -0.25) is 5.32 Å². The lowest BCUT2D eigenvalue weighted by Gasteiger charge is -2.56. The van der Waals surface area contributed by atoms with Crippen LogP contribution in [0.5, 0.6) is 5.75 Å². The van der Waals surface area contributed by atoms with E-state index in [4.69, 9.17) is 4.74 Å². The number of carbonyl (C=O) groups excluding carboxylic acids is 1. The fourth-order valence-electron chi connectivity index (χ4n) is 6.37. The molecule has 4 N–H and O–H groups in total. The van der Waals surface area contributed by atoms with Gasteiger partial charge in [-0.2, -0.15) is 0 Å². The quantitative estimate of drug-likeness (QED) is 0.329. The van der Waals surface area contributed by atoms with Crippen LogP contribution in [0.3, 0.4) is 0 Å². The predicted molar refractivity (Wildman–Crippen MR) is 131 cm³/mol. The van der Waals surface area contributed by atoms with Crippen molar-refractivity contribution in [2.75, 3.05) is 23.8 Å². The highest BCUT2D eigenvalue weighted by Crippen LogP contribution is 2.55. The van der Waals surface area contributed by atoms with Crippen LogP contribution in [0.15, 0.2) is 36.4 Å². The summed E-state index contributed by atoms with van der Waals surface area (Å²) >= 11 is 0. The summed E-state index contributed by atoms with van der Waals surface area (Å²) in [6.07, 6.45) is 8.60. The second-order valence-corrected chi connectivity index (χ2v) is 9.83. The molecule has 1 heterocycles. The molecule has 0 spiro atoms. The van der Waals surface area contributed by atoms with E-state index in [2.05, 4.69) is 28.9 Å². The summed E-state index contributed by atoms with van der Waals surface area (Å²) in [7, 11) is 0. The van der Waals surface area contributed by atoms with Gasteiger partial charge in [0.05, 0.1) is 23.7 Å². The van der Waals surface area contributed by atoms with Crippen molar-refractivity contribution >= 4 is 23.2 Å². The molecule has 0 aromatic heterocycles. The molecular formula is C27H35N3O3. The molecule has 6 heteroatoms. The number of ether oxygens (including phenoxy) is 1. The van der Waals surface area contributed by atoms with Gasteiger partial charge in [0.1, 0.15) is 5.75 Å². The second-order valence-electron chi connectivity index (χ2n) is 9.83. The maximum atomic E-state index is 12.2. The summed E-state index contributed by atoms with van der Waals surface area (Å²) in [6, 6.07) is 12.2. The van der Waals surface area contributed by atoms with Crippen LogP contribution in [-0.4, -0.2) is 30.4 Å². The summed E-state index contributed by atoms with van der Waals surface area (Å²) < 4.78 is 5.25. The maximum absolute atomic E-state index is 12.2. The van der Waals surface area contributed by atoms with E-state index in [0.29, 0.717) is 29.9 Å². The molecule has 2 aliphatic carbocycles. The highest BCUT2D eigenvalue weighted by atomic mass is 16.5. The summed E-state index contributed by atoms with van der Waals surface area (Å²) in [6.45, 7) is 3.53. The minimum absolute atomic E-state index is 0.208. The number of amides is 1. The van der Waals surface area contributed by atoms with E-state index in [1.807, 2.05) is 30.3 Å². The van der Waals surface area contributed by atoms with E-state index in [1.54, 1.807) is 0 Å². The van der Waals surface area contributed by atoms with Crippen LogP contribution in [0.1, 0.15) is 63.0 Å². The van der Waals surface area contributed by atoms with Crippen LogP contribution < -0.4 is 16.0 Å². The van der Waals surface area contributed by atoms with Crippen molar-refractivity contribution < 1.29 is 14.6 Å². The normalized spacial score (nSPS) is 25.5. The van der Waals surface area contributed by atoms with Crippen LogP contribution in [0.25, 0.3) is 0 Å². The van der Waals surface area contributed by atoms with Crippen LogP contribution in [-0.2, 0) is 16.6 Å². The summed E-state index contributed by atoms with van der Waals surface area (Å²) in [5, 5.41) is 21.0. The fourth-order valence-corrected chi connectivity index (χ4v) is 6.37. The first-order valence-corrected chi connectivity index (χ1v) is 12.5. The zero-order chi connectivity index (χ0) is 22.8. The largest absolute Gasteiger partial charge is 0.506 e. The maximum Gasteiger partial charge on any atom is 0.411 e. The standard InChI is InChI=1S/C27H35N3O3/c1-2-3-14-33-26(32)30-22-10-5-4-9-21(22)29-24-16-18-15-23-19-8-6-7-11-27(19,12-13-28-23)20(18)17-25(24)31/h4-5,9-10,16-17,19,23,28-29,31H,2-3,6-8,11-15H2,1H3,(H,30,32)/t19-,23+,27+/m1/s1. The number of aromatic hydroxyl groups is 1. The van der Waals surface area contributed by atoms with Gasteiger partial charge in [-0.25, -0.2) is 4.79 Å². The number of nitrogens with one attached hydrogen (secondary N) is 3. The first-order valence-electron chi connectivity index (χ1n) is 12.5. The van der Waals surface area contributed by atoms with Crippen molar-refractivity contribution in [1.29, 1.82) is 0 Å². The number of hydrogen-bond donors (Lipinski definition) is 4. The number of unbranched alkanes of at least 4 members (excludes halogenated alkanes) is 1. The van der Waals surface area contributed by atoms with Crippen molar-refractivity contribution in [2.24, 2.45) is 5.92 Å². The van der Waals surface area contributed by atoms with Crippen molar-refractivity contribution in [3.63, 3.8) is 0 Å². The smallest absolute Gasteiger partial charge is 0.411 e. The average Bonchev–Trinajstić information content (AvgIpc) is 2.82. The predicted octanol–water partition coefficient (Wildman–Crippen LogP) is 5.83. The Morgan fingerprint density at radius 2 is 2.03 bits per heavy atom. The molecule has 6 nitrogen and oxygen atoms in total. The van der Waals surface area contributed by atoms with Gasteiger partial charge >= 0.3 is 6.09 Å². The molecule has 176 valence electrons. The molecule has 1 aliphatic heterocycles. The first-order chi connectivity index (χ1) is 16.1. The Bertz CT molecular complexity index is 1020. The van der Waals surface area contributed by atoms with Gasteiger partial charge in [0.2, 0.25) is 0 Å². The second kappa shape index (κ2) is 9.26. The lowest BCUT2D eigenvalue weighted by atomic mass is 9.53. The molecule has 2 aromatic carbocycles. The number of phenolic OH excluding ortho intramolecular Hbond substituents is 1. The number of phenols is 1. The lowest BCUT2D eigenvalue weighted by Crippen LogP contribution is -2.59. The van der Waals surface area contributed by atoms with Gasteiger partial charge in [-0.05, 0) is 80.0 Å². The van der Waals surface area contributed by atoms with Crippen LogP contribution in [0.4, 0.5) is 21.9 Å². The van der Waals surface area contributed by atoms with E-state index < -0.39 is 6.09 Å². The van der Waals surface area contributed by atoms with Gasteiger partial charge in [-0.1, -0.05) is 38.3 Å². The number of benzene rings is 2. The molecule has 3 aliphatic rings. The Kier molecular flexibility index (Phi) is 6.19. The Morgan fingerprint density at radius 1 is 1.18 bits per heavy atom. The van der Waals surface area contributed by atoms with E-state index in [1.165, 1.54) is 36.8 Å². The van der Waals surface area contributed by atoms with Gasteiger partial charge in [0, 0.05) is 11.5 Å². The Morgan fingerprint density at radius 3 is 2.88 bits per heavy atom. The lowest BCUT2D eigenvalue weighted by molar-refractivity contribution is 0.0796. The molecule has 1 saturated carbocycles. The number of rotatable bonds is 6. The summed E-state index contributed by atoms with van der Waals surface area (Å²) in [5.41, 5.74) is 4.92. The molecule has 0 radical (unpaired) electrons. The van der Waals surface area contributed by atoms with Gasteiger partial charge in [0.15, 0.2) is 0 Å². The fraction of sp³-hybridized carbons (Fsp3) is 0.519. The minimum atomic E-state index is -0.464. The molecule has 5 rings (SSSR count). The topological polar surface area (TPSA) is 82.6 Å². The molecule has 2 bridgehead atoms. The highest BCUT2D eigenvalue weighted by Gasteiger charge is 2.51. The zero-order valence-corrected chi connectivity index (χ0v) is 19.5. The molecule has 1 amide bonds. The monoisotopic (exact) mass is 449 g/mol. The van der Waals surface area contributed by atoms with E-state index in [9.17, 15) is 9.90 Å².